The molecule has 1 fully saturated rings. The lowest BCUT2D eigenvalue weighted by Gasteiger charge is -2.23. The van der Waals surface area contributed by atoms with E-state index >= 15 is 0 Å². The Morgan fingerprint density at radius 3 is 2.08 bits per heavy atom. The quantitative estimate of drug-likeness (QED) is 0.564. The van der Waals surface area contributed by atoms with Crippen LogP contribution < -0.4 is 0 Å². The third-order valence-corrected chi connectivity index (χ3v) is 5.88. The number of rotatable bonds is 11. The summed E-state index contributed by atoms with van der Waals surface area (Å²) in [5.74, 6) is 0. The molecule has 2 nitrogen and oxygen atoms in total. The molecule has 1 saturated heterocycles. The van der Waals surface area contributed by atoms with E-state index in [9.17, 15) is 5.11 Å². The van der Waals surface area contributed by atoms with Crippen molar-refractivity contribution in [3.8, 4) is 0 Å². The third-order valence-electron chi connectivity index (χ3n) is 5.88. The Balaban J connectivity index is 1.38. The molecule has 2 rings (SSSR count). The van der Waals surface area contributed by atoms with Crippen LogP contribution in [0.3, 0.4) is 0 Å². The van der Waals surface area contributed by atoms with Gasteiger partial charge in [0.1, 0.15) is 0 Å². The molecule has 0 amide bonds. The van der Waals surface area contributed by atoms with Crippen LogP contribution in [0.2, 0.25) is 0 Å². The van der Waals surface area contributed by atoms with Crippen LogP contribution in [0.25, 0.3) is 0 Å². The summed E-state index contributed by atoms with van der Waals surface area (Å²) in [6, 6.07) is 11.8. The van der Waals surface area contributed by atoms with E-state index in [1.807, 2.05) is 0 Å². The van der Waals surface area contributed by atoms with E-state index in [1.54, 1.807) is 0 Å². The number of hydrogen-bond donors (Lipinski definition) is 1. The summed E-state index contributed by atoms with van der Waals surface area (Å²) in [6.45, 7) is 2.14. The highest BCUT2D eigenvalue weighted by Crippen LogP contribution is 2.26. The maximum atomic E-state index is 9.91. The Kier molecular flexibility index (Phi) is 8.83. The zero-order chi connectivity index (χ0) is 17.2. The van der Waals surface area contributed by atoms with Crippen LogP contribution in [0.15, 0.2) is 30.3 Å². The predicted octanol–water partition coefficient (Wildman–Crippen LogP) is 5.19. The minimum atomic E-state index is -0.115. The molecule has 1 N–H and O–H groups in total. The molecule has 0 aromatic heterocycles. The van der Waals surface area contributed by atoms with Crippen molar-refractivity contribution in [3.63, 3.8) is 0 Å². The van der Waals surface area contributed by atoms with Gasteiger partial charge in [0, 0.05) is 12.1 Å². The van der Waals surface area contributed by atoms with E-state index in [4.69, 9.17) is 0 Å². The first-order valence-electron chi connectivity index (χ1n) is 10.1. The Bertz CT molecular complexity index is 433. The molecule has 136 valence electrons. The van der Waals surface area contributed by atoms with Gasteiger partial charge >= 0.3 is 0 Å². The van der Waals surface area contributed by atoms with E-state index in [0.29, 0.717) is 12.1 Å². The molecule has 24 heavy (non-hydrogen) atoms. The molecular formula is C22H37NO. The fraction of sp³-hybridized carbons (Fsp3) is 0.727. The van der Waals surface area contributed by atoms with Crippen molar-refractivity contribution in [1.29, 1.82) is 0 Å². The van der Waals surface area contributed by atoms with Gasteiger partial charge in [-0.3, -0.25) is 4.90 Å². The number of hydrogen-bond acceptors (Lipinski definition) is 2. The van der Waals surface area contributed by atoms with Crippen molar-refractivity contribution in [3.05, 3.63) is 35.9 Å². The van der Waals surface area contributed by atoms with Gasteiger partial charge in [-0.15, -0.1) is 0 Å². The molecule has 1 heterocycles. The molecule has 0 saturated carbocycles. The van der Waals surface area contributed by atoms with Crippen LogP contribution in [0.5, 0.6) is 0 Å². The molecular weight excluding hydrogens is 294 g/mol. The van der Waals surface area contributed by atoms with Gasteiger partial charge in [0.25, 0.3) is 0 Å². The van der Waals surface area contributed by atoms with Gasteiger partial charge in [-0.05, 0) is 45.2 Å². The summed E-state index contributed by atoms with van der Waals surface area (Å²) in [5, 5.41) is 9.91. The van der Waals surface area contributed by atoms with E-state index < -0.39 is 0 Å². The maximum absolute atomic E-state index is 9.91. The Morgan fingerprint density at radius 2 is 1.50 bits per heavy atom. The minimum absolute atomic E-state index is 0.115. The Morgan fingerprint density at radius 1 is 0.917 bits per heavy atom. The van der Waals surface area contributed by atoms with Crippen LogP contribution in [0.4, 0.5) is 0 Å². The van der Waals surface area contributed by atoms with Gasteiger partial charge in [0.05, 0.1) is 6.10 Å². The third kappa shape index (κ3) is 6.57. The van der Waals surface area contributed by atoms with E-state index in [0.717, 1.165) is 6.42 Å². The minimum Gasteiger partial charge on any atom is -0.391 e. The highest BCUT2D eigenvalue weighted by Gasteiger charge is 2.33. The van der Waals surface area contributed by atoms with Gasteiger partial charge in [0.15, 0.2) is 0 Å². The number of nitrogens with zero attached hydrogens (tertiary/aromatic N) is 1. The topological polar surface area (TPSA) is 23.5 Å². The molecule has 0 aliphatic carbocycles. The number of unbranched alkanes of at least 4 members (excludes halogenated alkanes) is 7. The summed E-state index contributed by atoms with van der Waals surface area (Å²) in [7, 11) is 2.17. The van der Waals surface area contributed by atoms with Crippen molar-refractivity contribution >= 4 is 0 Å². The average Bonchev–Trinajstić information content (AvgIpc) is 2.84. The molecule has 0 unspecified atom stereocenters. The second-order valence-corrected chi connectivity index (χ2v) is 7.72. The highest BCUT2D eigenvalue weighted by atomic mass is 16.3. The Labute approximate surface area is 149 Å². The molecule has 1 aliphatic rings. The molecule has 3 atom stereocenters. The standard InChI is InChI=1S/C22H37NO/c1-19-22(24)18-21(23(19)2)17-13-8-6-4-3-5-7-10-14-20-15-11-9-12-16-20/h9,11-12,15-16,19,21-22,24H,3-8,10,13-14,17-18H2,1-2H3/t19-,21+,22+/m1/s1. The van der Waals surface area contributed by atoms with Gasteiger partial charge in [-0.1, -0.05) is 75.3 Å². The first-order valence-corrected chi connectivity index (χ1v) is 10.1. The molecule has 1 aromatic carbocycles. The summed E-state index contributed by atoms with van der Waals surface area (Å²) < 4.78 is 0. The molecule has 1 aliphatic heterocycles. The second-order valence-electron chi connectivity index (χ2n) is 7.72. The van der Waals surface area contributed by atoms with Gasteiger partial charge in [-0.2, -0.15) is 0 Å². The number of likely N-dealkylation sites (tertiary alicyclic amines) is 1. The van der Waals surface area contributed by atoms with E-state index in [-0.39, 0.29) is 6.10 Å². The molecule has 1 aromatic rings. The van der Waals surface area contributed by atoms with Crippen molar-refractivity contribution in [1.82, 2.24) is 4.90 Å². The monoisotopic (exact) mass is 331 g/mol. The SMILES string of the molecule is C[C@@H]1[C@@H](O)C[C@H](CCCCCCCCCCc2ccccc2)N1C. The summed E-state index contributed by atoms with van der Waals surface area (Å²) in [6.07, 6.45) is 14.3. The van der Waals surface area contributed by atoms with Crippen LogP contribution >= 0.6 is 0 Å². The van der Waals surface area contributed by atoms with Gasteiger partial charge in [0.2, 0.25) is 0 Å². The van der Waals surface area contributed by atoms with Gasteiger partial charge < -0.3 is 5.11 Å². The zero-order valence-electron chi connectivity index (χ0n) is 15.8. The predicted molar refractivity (Wildman–Crippen MR) is 103 cm³/mol. The molecule has 2 heteroatoms. The smallest absolute Gasteiger partial charge is 0.0707 e. The maximum Gasteiger partial charge on any atom is 0.0707 e. The molecule has 0 spiro atoms. The Hall–Kier alpha value is -0.860. The second kappa shape index (κ2) is 10.9. The molecule has 0 radical (unpaired) electrons. The number of aliphatic hydroxyl groups is 1. The van der Waals surface area contributed by atoms with Crippen molar-refractivity contribution in [2.75, 3.05) is 7.05 Å². The fourth-order valence-electron chi connectivity index (χ4n) is 3.98. The molecule has 0 bridgehead atoms. The fourth-order valence-corrected chi connectivity index (χ4v) is 3.98. The first-order chi connectivity index (χ1) is 11.7. The van der Waals surface area contributed by atoms with Crippen LogP contribution in [-0.4, -0.2) is 35.2 Å². The van der Waals surface area contributed by atoms with Crippen LogP contribution in [-0.2, 0) is 6.42 Å². The summed E-state index contributed by atoms with van der Waals surface area (Å²) >= 11 is 0. The largest absolute Gasteiger partial charge is 0.391 e. The van der Waals surface area contributed by atoms with Crippen molar-refractivity contribution < 1.29 is 5.11 Å². The lowest BCUT2D eigenvalue weighted by Crippen LogP contribution is -2.32. The lowest BCUT2D eigenvalue weighted by atomic mass is 10.0. The first kappa shape index (κ1) is 19.5. The summed E-state index contributed by atoms with van der Waals surface area (Å²) in [5.41, 5.74) is 1.48. The normalized spacial score (nSPS) is 24.5. The number of aryl methyl sites for hydroxylation is 1. The van der Waals surface area contributed by atoms with Gasteiger partial charge in [-0.25, -0.2) is 0 Å². The average molecular weight is 332 g/mol. The van der Waals surface area contributed by atoms with Crippen molar-refractivity contribution in [2.24, 2.45) is 0 Å². The number of aliphatic hydroxyl groups excluding tert-OH is 1. The van der Waals surface area contributed by atoms with E-state index in [1.165, 1.54) is 69.8 Å². The number of benzene rings is 1. The lowest BCUT2D eigenvalue weighted by molar-refractivity contribution is 0.134. The van der Waals surface area contributed by atoms with Crippen LogP contribution in [0, 0.1) is 0 Å². The van der Waals surface area contributed by atoms with Crippen LogP contribution in [0.1, 0.15) is 76.7 Å². The van der Waals surface area contributed by atoms with E-state index in [2.05, 4.69) is 49.2 Å². The highest BCUT2D eigenvalue weighted by molar-refractivity contribution is 5.14. The summed E-state index contributed by atoms with van der Waals surface area (Å²) in [4.78, 5) is 2.37. The number of likely N-dealkylation sites (N-methyl/N-ethyl adjacent to an activating group) is 1. The van der Waals surface area contributed by atoms with Crippen molar-refractivity contribution in [2.45, 2.75) is 95.7 Å². The zero-order valence-corrected chi connectivity index (χ0v) is 15.8.